The van der Waals surface area contributed by atoms with Crippen LogP contribution in [-0.4, -0.2) is 27.8 Å². The van der Waals surface area contributed by atoms with E-state index in [1.807, 2.05) is 20.8 Å². The van der Waals surface area contributed by atoms with E-state index in [-0.39, 0.29) is 48.6 Å². The molecule has 3 aromatic rings. The lowest BCUT2D eigenvalue weighted by molar-refractivity contribution is -0.124. The lowest BCUT2D eigenvalue weighted by Gasteiger charge is -2.26. The maximum absolute atomic E-state index is 14.3. The van der Waals surface area contributed by atoms with Gasteiger partial charge in [-0.2, -0.15) is 0 Å². The van der Waals surface area contributed by atoms with Gasteiger partial charge in [0.25, 0.3) is 0 Å². The highest BCUT2D eigenvalue weighted by Crippen LogP contribution is 2.37. The summed E-state index contributed by atoms with van der Waals surface area (Å²) in [6.45, 7) is 9.14. The molecule has 0 aliphatic rings. The van der Waals surface area contributed by atoms with Gasteiger partial charge in [-0.1, -0.05) is 30.3 Å². The Kier molecular flexibility index (Phi) is 8.74. The first-order chi connectivity index (χ1) is 17.3. The van der Waals surface area contributed by atoms with Crippen molar-refractivity contribution in [3.8, 4) is 0 Å². The van der Waals surface area contributed by atoms with Gasteiger partial charge in [-0.05, 0) is 69.7 Å². The molecule has 2 aromatic carbocycles. The Balaban J connectivity index is 2.00. The zero-order chi connectivity index (χ0) is 27.5. The van der Waals surface area contributed by atoms with Gasteiger partial charge in [0.2, 0.25) is 5.91 Å². The van der Waals surface area contributed by atoms with Crippen molar-refractivity contribution >= 4 is 40.5 Å². The summed E-state index contributed by atoms with van der Waals surface area (Å²) in [5.41, 5.74) is 0.801. The molecule has 5 nitrogen and oxygen atoms in total. The topological polar surface area (TPSA) is 82.2 Å². The molecule has 3 rings (SSSR count). The number of benzene rings is 2. The lowest BCUT2D eigenvalue weighted by atomic mass is 9.84. The van der Waals surface area contributed by atoms with Crippen molar-refractivity contribution in [2.24, 2.45) is 5.92 Å². The zero-order valence-electron chi connectivity index (χ0n) is 20.9. The fourth-order valence-corrected chi connectivity index (χ4v) is 4.69. The summed E-state index contributed by atoms with van der Waals surface area (Å²) in [4.78, 5) is 28.0. The van der Waals surface area contributed by atoms with E-state index in [0.29, 0.717) is 27.8 Å². The maximum atomic E-state index is 14.3. The van der Waals surface area contributed by atoms with E-state index < -0.39 is 34.8 Å². The van der Waals surface area contributed by atoms with Gasteiger partial charge in [0.15, 0.2) is 17.5 Å². The van der Waals surface area contributed by atoms with Crippen LogP contribution in [0.5, 0.6) is 0 Å². The number of amides is 1. The van der Waals surface area contributed by atoms with Gasteiger partial charge in [0.1, 0.15) is 12.0 Å². The number of aliphatic hydroxyl groups is 1. The van der Waals surface area contributed by atoms with E-state index in [4.69, 9.17) is 11.6 Å². The van der Waals surface area contributed by atoms with Crippen LogP contribution in [0.1, 0.15) is 62.8 Å². The second-order valence-corrected chi connectivity index (χ2v) is 10.7. The molecule has 3 N–H and O–H groups in total. The highest BCUT2D eigenvalue weighted by atomic mass is 35.5. The van der Waals surface area contributed by atoms with Gasteiger partial charge in [-0.3, -0.25) is 4.79 Å². The van der Waals surface area contributed by atoms with Crippen molar-refractivity contribution in [3.05, 3.63) is 76.2 Å². The summed E-state index contributed by atoms with van der Waals surface area (Å²) in [6.07, 6.45) is 1.22. The van der Waals surface area contributed by atoms with Crippen LogP contribution in [-0.2, 0) is 16.0 Å². The average molecular weight is 535 g/mol. The van der Waals surface area contributed by atoms with Crippen molar-refractivity contribution in [3.63, 3.8) is 0 Å². The van der Waals surface area contributed by atoms with Gasteiger partial charge in [-0.25, -0.2) is 13.2 Å². The van der Waals surface area contributed by atoms with Crippen LogP contribution in [0.25, 0.3) is 16.7 Å². The minimum atomic E-state index is -1.56. The molecule has 0 aliphatic carbocycles. The number of nitrogens with one attached hydrogen (secondary N) is 2. The number of hydrogen-bond donors (Lipinski definition) is 3. The minimum Gasteiger partial charge on any atom is -0.506 e. The molecule has 0 radical (unpaired) electrons. The summed E-state index contributed by atoms with van der Waals surface area (Å²) < 4.78 is 41.5. The number of aromatic amines is 1. The third-order valence-electron chi connectivity index (χ3n) is 6.17. The highest BCUT2D eigenvalue weighted by Gasteiger charge is 2.31. The zero-order valence-corrected chi connectivity index (χ0v) is 21.7. The van der Waals surface area contributed by atoms with Gasteiger partial charge in [-0.15, -0.1) is 0 Å². The first kappa shape index (κ1) is 28.3. The quantitative estimate of drug-likeness (QED) is 0.149. The van der Waals surface area contributed by atoms with Crippen LogP contribution in [0.3, 0.4) is 0 Å². The van der Waals surface area contributed by atoms with Gasteiger partial charge >= 0.3 is 0 Å². The van der Waals surface area contributed by atoms with E-state index in [9.17, 15) is 27.9 Å². The minimum absolute atomic E-state index is 0.0154. The molecule has 1 amide bonds. The van der Waals surface area contributed by atoms with E-state index >= 15 is 0 Å². The Morgan fingerprint density at radius 1 is 1.16 bits per heavy atom. The van der Waals surface area contributed by atoms with Crippen LogP contribution in [0.15, 0.2) is 36.9 Å². The Morgan fingerprint density at radius 3 is 2.49 bits per heavy atom. The van der Waals surface area contributed by atoms with Crippen molar-refractivity contribution in [2.75, 3.05) is 0 Å². The molecule has 0 aliphatic heterocycles. The number of aldehydes is 1. The molecule has 198 valence electrons. The van der Waals surface area contributed by atoms with Crippen LogP contribution >= 0.6 is 11.6 Å². The molecule has 1 heterocycles. The summed E-state index contributed by atoms with van der Waals surface area (Å²) in [7, 11) is 0. The van der Waals surface area contributed by atoms with Crippen molar-refractivity contribution in [1.29, 1.82) is 0 Å². The van der Waals surface area contributed by atoms with Crippen LogP contribution in [0.4, 0.5) is 13.2 Å². The Hall–Kier alpha value is -3.26. The molecular formula is C28H30ClF3N2O3. The van der Waals surface area contributed by atoms with E-state index in [2.05, 4.69) is 16.9 Å². The summed E-state index contributed by atoms with van der Waals surface area (Å²) in [5, 5.41) is 14.4. The predicted octanol–water partition coefficient (Wildman–Crippen LogP) is 6.99. The second kappa shape index (κ2) is 11.4. The fourth-order valence-electron chi connectivity index (χ4n) is 4.52. The first-order valence-corrected chi connectivity index (χ1v) is 12.3. The monoisotopic (exact) mass is 534 g/mol. The molecule has 2 atom stereocenters. The van der Waals surface area contributed by atoms with Crippen molar-refractivity contribution in [2.45, 2.75) is 57.9 Å². The lowest BCUT2D eigenvalue weighted by Crippen LogP contribution is -2.43. The molecule has 2 unspecified atom stereocenters. The number of carbonyl (C=O) groups is 2. The molecule has 9 heteroatoms. The fraction of sp³-hybridized carbons (Fsp3) is 0.357. The highest BCUT2D eigenvalue weighted by molar-refractivity contribution is 6.31. The Bertz CT molecular complexity index is 1330. The number of halogens is 4. The smallest absolute Gasteiger partial charge is 0.228 e. The molecule has 1 aromatic heterocycles. The number of carbonyl (C=O) groups excluding carboxylic acids is 2. The maximum Gasteiger partial charge on any atom is 0.228 e. The number of hydrogen-bond acceptors (Lipinski definition) is 3. The molecular weight excluding hydrogens is 505 g/mol. The third-order valence-corrected chi connectivity index (χ3v) is 6.40. The van der Waals surface area contributed by atoms with Crippen molar-refractivity contribution < 1.29 is 27.9 Å². The molecule has 0 bridgehead atoms. The summed E-state index contributed by atoms with van der Waals surface area (Å²) in [5.74, 6) is -5.93. The van der Waals surface area contributed by atoms with E-state index in [1.165, 1.54) is 0 Å². The number of fused-ring (bicyclic) bond motifs is 1. The van der Waals surface area contributed by atoms with E-state index in [1.54, 1.807) is 18.2 Å². The van der Waals surface area contributed by atoms with Crippen LogP contribution < -0.4 is 5.32 Å². The summed E-state index contributed by atoms with van der Waals surface area (Å²) in [6, 6.07) is 7.10. The predicted molar refractivity (Wildman–Crippen MR) is 139 cm³/mol. The molecule has 0 saturated heterocycles. The Morgan fingerprint density at radius 2 is 1.86 bits per heavy atom. The summed E-state index contributed by atoms with van der Waals surface area (Å²) >= 11 is 6.14. The average Bonchev–Trinajstić information content (AvgIpc) is 3.17. The van der Waals surface area contributed by atoms with Gasteiger partial charge < -0.3 is 20.2 Å². The number of rotatable bonds is 10. The largest absolute Gasteiger partial charge is 0.506 e. The molecule has 37 heavy (non-hydrogen) atoms. The molecule has 0 saturated carbocycles. The van der Waals surface area contributed by atoms with Gasteiger partial charge in [0, 0.05) is 33.4 Å². The number of H-pyrrole nitrogens is 1. The number of aliphatic hydroxyl groups excluding tert-OH is 1. The first-order valence-electron chi connectivity index (χ1n) is 11.9. The third kappa shape index (κ3) is 6.74. The van der Waals surface area contributed by atoms with Crippen LogP contribution in [0, 0.1) is 23.4 Å². The van der Waals surface area contributed by atoms with Crippen molar-refractivity contribution in [1.82, 2.24) is 10.3 Å². The molecule has 0 fully saturated rings. The Labute approximate surface area is 218 Å². The standard InChI is InChI=1S/C28H30ClF3N2O3/c1-15(36)26-23(19-9-7-18(29)14-22(19)33-26)20(27(37)34-28(2,3)4)8-5-16(11-12-35)13-17-6-10-21(30)25(32)24(17)31/h6-7,9-10,12,14,16,20,33,36H,1,5,8,11,13H2,2-4H3,(H,34,37). The van der Waals surface area contributed by atoms with Crippen LogP contribution in [0.2, 0.25) is 5.02 Å². The molecule has 0 spiro atoms. The van der Waals surface area contributed by atoms with Gasteiger partial charge in [0.05, 0.1) is 11.6 Å². The number of aromatic nitrogens is 1. The second-order valence-electron chi connectivity index (χ2n) is 10.2. The SMILES string of the molecule is C=C(O)c1[nH]c2cc(Cl)ccc2c1C(CCC(CC=O)Cc1ccc(F)c(F)c1F)C(=O)NC(C)(C)C. The van der Waals surface area contributed by atoms with E-state index in [0.717, 1.165) is 12.1 Å². The normalized spacial score (nSPS) is 13.4.